The Morgan fingerprint density at radius 1 is 1.27 bits per heavy atom. The number of thiophene rings is 1. The molecule has 4 aromatic heterocycles. The molecule has 0 radical (unpaired) electrons. The number of hydrogen-bond acceptors (Lipinski definition) is 6. The summed E-state index contributed by atoms with van der Waals surface area (Å²) in [7, 11) is 1.80. The molecule has 5 heterocycles. The highest BCUT2D eigenvalue weighted by Crippen LogP contribution is 2.24. The number of anilines is 1. The number of hydrogen-bond donors (Lipinski definition) is 2. The number of nitrogens with one attached hydrogen (secondary N) is 2. The van der Waals surface area contributed by atoms with E-state index >= 15 is 0 Å². The Kier molecular flexibility index (Phi) is 4.80. The smallest absolute Gasteiger partial charge is 0.269 e. The van der Waals surface area contributed by atoms with Gasteiger partial charge < -0.3 is 15.2 Å². The lowest BCUT2D eigenvalue weighted by atomic mass is 10.2. The molecule has 30 heavy (non-hydrogen) atoms. The second-order valence-electron chi connectivity index (χ2n) is 7.25. The summed E-state index contributed by atoms with van der Waals surface area (Å²) in [6.45, 7) is 1.47. The Morgan fingerprint density at radius 2 is 2.20 bits per heavy atom. The first-order chi connectivity index (χ1) is 14.7. The number of rotatable bonds is 5. The maximum Gasteiger partial charge on any atom is 0.269 e. The van der Waals surface area contributed by atoms with Gasteiger partial charge in [0.1, 0.15) is 11.4 Å². The minimum atomic E-state index is -0.110. The van der Waals surface area contributed by atoms with Gasteiger partial charge in [0.2, 0.25) is 5.95 Å². The molecule has 1 amide bonds. The van der Waals surface area contributed by atoms with Gasteiger partial charge in [0.15, 0.2) is 0 Å². The number of aryl methyl sites for hydroxylation is 1. The van der Waals surface area contributed by atoms with Crippen molar-refractivity contribution in [1.82, 2.24) is 30.0 Å². The number of aromatic amines is 1. The normalized spacial score (nSPS) is 16.2. The maximum absolute atomic E-state index is 12.8. The van der Waals surface area contributed by atoms with Crippen LogP contribution in [0.5, 0.6) is 0 Å². The Bertz CT molecular complexity index is 1150. The summed E-state index contributed by atoms with van der Waals surface area (Å²) >= 11 is 1.61. The van der Waals surface area contributed by atoms with E-state index < -0.39 is 0 Å². The van der Waals surface area contributed by atoms with Gasteiger partial charge in [-0.25, -0.2) is 9.97 Å². The topological polar surface area (TPSA) is 91.7 Å². The van der Waals surface area contributed by atoms with E-state index in [0.29, 0.717) is 18.2 Å². The lowest BCUT2D eigenvalue weighted by Crippen LogP contribution is -2.38. The van der Waals surface area contributed by atoms with Crippen LogP contribution in [-0.2, 0) is 7.05 Å². The van der Waals surface area contributed by atoms with Crippen LogP contribution >= 0.6 is 11.3 Å². The second-order valence-corrected chi connectivity index (χ2v) is 8.19. The average molecular weight is 420 g/mol. The van der Waals surface area contributed by atoms with Gasteiger partial charge in [-0.1, -0.05) is 6.07 Å². The Morgan fingerprint density at radius 3 is 3.00 bits per heavy atom. The molecule has 1 unspecified atom stereocenters. The molecular formula is C21H21N7OS. The van der Waals surface area contributed by atoms with Crippen LogP contribution in [0, 0.1) is 0 Å². The summed E-state index contributed by atoms with van der Waals surface area (Å²) in [6, 6.07) is 11.7. The maximum atomic E-state index is 12.8. The van der Waals surface area contributed by atoms with Crippen molar-refractivity contribution in [3.05, 3.63) is 59.9 Å². The van der Waals surface area contributed by atoms with Crippen LogP contribution in [0.15, 0.2) is 54.2 Å². The van der Waals surface area contributed by atoms with Gasteiger partial charge in [0, 0.05) is 38.6 Å². The zero-order valence-electron chi connectivity index (χ0n) is 16.4. The van der Waals surface area contributed by atoms with E-state index in [0.717, 1.165) is 34.9 Å². The molecule has 0 aliphatic carbocycles. The number of amides is 1. The number of aromatic nitrogens is 5. The van der Waals surface area contributed by atoms with Crippen LogP contribution in [0.2, 0.25) is 0 Å². The van der Waals surface area contributed by atoms with Crippen molar-refractivity contribution in [3.8, 4) is 22.0 Å². The van der Waals surface area contributed by atoms with E-state index in [1.165, 1.54) is 0 Å². The molecule has 4 aromatic rings. The van der Waals surface area contributed by atoms with Crippen LogP contribution in [-0.4, -0.2) is 49.8 Å². The zero-order valence-corrected chi connectivity index (χ0v) is 17.3. The molecule has 0 spiro atoms. The highest BCUT2D eigenvalue weighted by atomic mass is 32.1. The Labute approximate surface area is 177 Å². The molecule has 1 saturated heterocycles. The average Bonchev–Trinajstić information content (AvgIpc) is 3.54. The van der Waals surface area contributed by atoms with Crippen LogP contribution in [0.4, 0.5) is 5.95 Å². The molecular weight excluding hydrogens is 398 g/mol. The highest BCUT2D eigenvalue weighted by molar-refractivity contribution is 7.13. The Hall–Kier alpha value is -3.46. The molecule has 0 aromatic carbocycles. The van der Waals surface area contributed by atoms with E-state index in [1.54, 1.807) is 29.3 Å². The standard InChI is InChI=1S/C21H21N7OS/c1-27-18(12-17(26-27)19-5-3-11-30-19)20(29)24-14-7-10-28(13-14)21-23-9-6-16(25-21)15-4-2-8-22-15/h2-6,8-9,11-12,14,22H,7,10,13H2,1H3,(H,24,29). The van der Waals surface area contributed by atoms with Crippen molar-refractivity contribution in [2.75, 3.05) is 18.0 Å². The zero-order chi connectivity index (χ0) is 20.5. The van der Waals surface area contributed by atoms with E-state index in [1.807, 2.05) is 48.0 Å². The van der Waals surface area contributed by atoms with Crippen molar-refractivity contribution < 1.29 is 4.79 Å². The number of carbonyl (C=O) groups excluding carboxylic acids is 1. The third-order valence-electron chi connectivity index (χ3n) is 5.21. The molecule has 1 aliphatic heterocycles. The van der Waals surface area contributed by atoms with Crippen LogP contribution in [0.1, 0.15) is 16.9 Å². The van der Waals surface area contributed by atoms with Gasteiger partial charge in [0.25, 0.3) is 5.91 Å². The molecule has 0 saturated carbocycles. The lowest BCUT2D eigenvalue weighted by Gasteiger charge is -2.17. The van der Waals surface area contributed by atoms with Gasteiger partial charge >= 0.3 is 0 Å². The van der Waals surface area contributed by atoms with Crippen LogP contribution < -0.4 is 10.2 Å². The van der Waals surface area contributed by atoms with Gasteiger partial charge in [-0.15, -0.1) is 11.3 Å². The predicted octanol–water partition coefficient (Wildman–Crippen LogP) is 2.94. The minimum absolute atomic E-state index is 0.0373. The fourth-order valence-corrected chi connectivity index (χ4v) is 4.37. The van der Waals surface area contributed by atoms with Crippen molar-refractivity contribution in [2.24, 2.45) is 7.05 Å². The fourth-order valence-electron chi connectivity index (χ4n) is 3.68. The van der Waals surface area contributed by atoms with Gasteiger partial charge in [-0.05, 0) is 42.1 Å². The van der Waals surface area contributed by atoms with E-state index in [-0.39, 0.29) is 11.9 Å². The molecule has 0 bridgehead atoms. The van der Waals surface area contributed by atoms with E-state index in [9.17, 15) is 4.79 Å². The fraction of sp³-hybridized carbons (Fsp3) is 0.238. The second kappa shape index (κ2) is 7.75. The number of H-pyrrole nitrogens is 1. The SMILES string of the molecule is Cn1nc(-c2cccs2)cc1C(=O)NC1CCN(c2nccc(-c3ccc[nH]3)n2)C1. The van der Waals surface area contributed by atoms with Crippen molar-refractivity contribution >= 4 is 23.2 Å². The molecule has 8 nitrogen and oxygen atoms in total. The predicted molar refractivity (Wildman–Crippen MR) is 116 cm³/mol. The molecule has 2 N–H and O–H groups in total. The number of nitrogens with zero attached hydrogens (tertiary/aromatic N) is 5. The largest absolute Gasteiger partial charge is 0.360 e. The lowest BCUT2D eigenvalue weighted by molar-refractivity contribution is 0.0931. The molecule has 1 fully saturated rings. The van der Waals surface area contributed by atoms with E-state index in [4.69, 9.17) is 0 Å². The first-order valence-electron chi connectivity index (χ1n) is 9.78. The third kappa shape index (κ3) is 3.59. The third-order valence-corrected chi connectivity index (χ3v) is 6.10. The van der Waals surface area contributed by atoms with Crippen molar-refractivity contribution in [1.29, 1.82) is 0 Å². The van der Waals surface area contributed by atoms with Gasteiger partial charge in [-0.3, -0.25) is 9.48 Å². The molecule has 1 aliphatic rings. The summed E-state index contributed by atoms with van der Waals surface area (Å²) < 4.78 is 1.64. The monoisotopic (exact) mass is 419 g/mol. The van der Waals surface area contributed by atoms with Crippen molar-refractivity contribution in [2.45, 2.75) is 12.5 Å². The molecule has 1 atom stereocenters. The van der Waals surface area contributed by atoms with Crippen LogP contribution in [0.3, 0.4) is 0 Å². The summed E-state index contributed by atoms with van der Waals surface area (Å²) in [6.07, 6.45) is 4.49. The quantitative estimate of drug-likeness (QED) is 0.519. The first-order valence-corrected chi connectivity index (χ1v) is 10.7. The summed E-state index contributed by atoms with van der Waals surface area (Å²) in [4.78, 5) is 28.3. The van der Waals surface area contributed by atoms with Gasteiger partial charge in [-0.2, -0.15) is 5.10 Å². The van der Waals surface area contributed by atoms with E-state index in [2.05, 4.69) is 30.3 Å². The van der Waals surface area contributed by atoms with Crippen LogP contribution in [0.25, 0.3) is 22.0 Å². The van der Waals surface area contributed by atoms with Gasteiger partial charge in [0.05, 0.1) is 16.3 Å². The summed E-state index contributed by atoms with van der Waals surface area (Å²) in [5.41, 5.74) is 3.19. The molecule has 152 valence electrons. The minimum Gasteiger partial charge on any atom is -0.360 e. The molecule has 5 rings (SSSR count). The van der Waals surface area contributed by atoms with Crippen molar-refractivity contribution in [3.63, 3.8) is 0 Å². The highest BCUT2D eigenvalue weighted by Gasteiger charge is 2.27. The first kappa shape index (κ1) is 18.6. The summed E-state index contributed by atoms with van der Waals surface area (Å²) in [5, 5.41) is 9.62. The Balaban J connectivity index is 1.26. The molecule has 9 heteroatoms. The summed E-state index contributed by atoms with van der Waals surface area (Å²) in [5.74, 6) is 0.570. The number of carbonyl (C=O) groups is 1.